The highest BCUT2D eigenvalue weighted by atomic mass is 19.1. The van der Waals surface area contributed by atoms with Crippen LogP contribution in [0.25, 0.3) is 11.1 Å². The Morgan fingerprint density at radius 1 is 1.00 bits per heavy atom. The van der Waals surface area contributed by atoms with Crippen LogP contribution in [-0.4, -0.2) is 67.6 Å². The Bertz CT molecular complexity index is 1530. The largest absolute Gasteiger partial charge is 0.485 e. The number of carboxylic acids is 1. The maximum absolute atomic E-state index is 15.3. The first-order valence-corrected chi connectivity index (χ1v) is 16.4. The van der Waals surface area contributed by atoms with Gasteiger partial charge in [0, 0.05) is 44.5 Å². The molecular weight excluding hydrogens is 587 g/mol. The van der Waals surface area contributed by atoms with Gasteiger partial charge in [-0.15, -0.1) is 0 Å². The van der Waals surface area contributed by atoms with E-state index in [0.717, 1.165) is 72.1 Å². The van der Waals surface area contributed by atoms with Crippen LogP contribution in [0.1, 0.15) is 73.3 Å². The van der Waals surface area contributed by atoms with Crippen LogP contribution in [0.3, 0.4) is 0 Å². The van der Waals surface area contributed by atoms with Crippen molar-refractivity contribution in [2.24, 2.45) is 11.8 Å². The molecule has 1 saturated carbocycles. The Labute approximate surface area is 270 Å². The third-order valence-corrected chi connectivity index (χ3v) is 10.2. The Morgan fingerprint density at radius 2 is 1.74 bits per heavy atom. The number of rotatable bonds is 13. The third kappa shape index (κ3) is 6.77. The van der Waals surface area contributed by atoms with E-state index in [1.54, 1.807) is 20.3 Å². The number of pyridine rings is 1. The third-order valence-electron chi connectivity index (χ3n) is 10.2. The standard InChI is InChI=1S/C37H45FN2O6/c1-22(37(41)42)36(24-6-7-24)26-8-5-23-10-14-33(46-34(23)16-26)25-9-13-30(31-17-35(45-4)39-18-32(31)38)27(15-25)19-40-28(20-43-2)11-12-29(40)21-44-3/h5,8-9,13,15-18,22,24,28-29,33,36H,6-7,10-12,14,19-21H2,1-4H3,(H,41,42)/t22-,28+,29+,33?,36?/m0/s1. The number of ether oxygens (including phenoxy) is 4. The fourth-order valence-corrected chi connectivity index (χ4v) is 7.56. The Kier molecular flexibility index (Phi) is 9.92. The fourth-order valence-electron chi connectivity index (χ4n) is 7.56. The number of carbonyl (C=O) groups is 1. The summed E-state index contributed by atoms with van der Waals surface area (Å²) in [5.41, 5.74) is 5.42. The van der Waals surface area contributed by atoms with Gasteiger partial charge in [0.1, 0.15) is 17.7 Å². The molecule has 2 aromatic carbocycles. The molecule has 2 aliphatic heterocycles. The number of likely N-dealkylation sites (tertiary alicyclic amines) is 1. The van der Waals surface area contributed by atoms with Crippen molar-refractivity contribution in [1.82, 2.24) is 9.88 Å². The highest BCUT2D eigenvalue weighted by Crippen LogP contribution is 2.48. The van der Waals surface area contributed by atoms with Crippen LogP contribution in [0.4, 0.5) is 4.39 Å². The van der Waals surface area contributed by atoms with E-state index in [2.05, 4.69) is 34.1 Å². The second-order valence-corrected chi connectivity index (χ2v) is 13.1. The molecule has 0 spiro atoms. The molecule has 1 aromatic heterocycles. The zero-order chi connectivity index (χ0) is 32.4. The molecule has 5 atom stereocenters. The van der Waals surface area contributed by atoms with Gasteiger partial charge in [0.25, 0.3) is 0 Å². The summed E-state index contributed by atoms with van der Waals surface area (Å²) in [5, 5.41) is 9.81. The van der Waals surface area contributed by atoms with Crippen LogP contribution in [0.2, 0.25) is 0 Å². The normalized spacial score (nSPS) is 22.6. The van der Waals surface area contributed by atoms with E-state index in [-0.39, 0.29) is 24.1 Å². The molecule has 9 heteroatoms. The lowest BCUT2D eigenvalue weighted by Crippen LogP contribution is -2.40. The topological polar surface area (TPSA) is 90.4 Å². The minimum absolute atomic E-state index is 0.0227. The average molecular weight is 633 g/mol. The van der Waals surface area contributed by atoms with Crippen molar-refractivity contribution in [2.45, 2.75) is 76.1 Å². The van der Waals surface area contributed by atoms with E-state index in [0.29, 0.717) is 37.1 Å². The number of fused-ring (bicyclic) bond motifs is 1. The summed E-state index contributed by atoms with van der Waals surface area (Å²) in [5.74, 6) is -0.0660. The molecule has 0 bridgehead atoms. The number of nitrogens with zero attached hydrogens (tertiary/aromatic N) is 2. The van der Waals surface area contributed by atoms with Crippen LogP contribution < -0.4 is 9.47 Å². The van der Waals surface area contributed by atoms with E-state index in [1.807, 2.05) is 19.1 Å². The van der Waals surface area contributed by atoms with E-state index >= 15 is 4.39 Å². The van der Waals surface area contributed by atoms with Gasteiger partial charge in [-0.2, -0.15) is 0 Å². The molecular formula is C37H45FN2O6. The lowest BCUT2D eigenvalue weighted by Gasteiger charge is -2.32. The SMILES string of the molecule is COC[C@H]1CC[C@H](COC)N1Cc1cc(C2CCc3ccc(C(C4CC4)[C@H](C)C(=O)O)cc3O2)ccc1-c1cc(OC)ncc1F. The van der Waals surface area contributed by atoms with Gasteiger partial charge in [0.15, 0.2) is 0 Å². The number of aromatic nitrogens is 1. The molecule has 0 radical (unpaired) electrons. The van der Waals surface area contributed by atoms with Crippen molar-refractivity contribution in [3.05, 3.63) is 76.7 Å². The lowest BCUT2D eigenvalue weighted by molar-refractivity contribution is -0.142. The highest BCUT2D eigenvalue weighted by molar-refractivity contribution is 5.71. The number of aryl methyl sites for hydroxylation is 1. The molecule has 3 aliphatic rings. The number of aliphatic carboxylic acids is 1. The molecule has 3 heterocycles. The number of halogens is 1. The van der Waals surface area contributed by atoms with Crippen LogP contribution in [-0.2, 0) is 27.2 Å². The molecule has 2 fully saturated rings. The van der Waals surface area contributed by atoms with Gasteiger partial charge in [-0.25, -0.2) is 9.37 Å². The predicted molar refractivity (Wildman–Crippen MR) is 173 cm³/mol. The van der Waals surface area contributed by atoms with Gasteiger partial charge < -0.3 is 24.1 Å². The highest BCUT2D eigenvalue weighted by Gasteiger charge is 2.39. The first kappa shape index (κ1) is 32.4. The van der Waals surface area contributed by atoms with E-state index in [1.165, 1.54) is 13.3 Å². The first-order chi connectivity index (χ1) is 22.3. The Morgan fingerprint density at radius 3 is 2.39 bits per heavy atom. The summed E-state index contributed by atoms with van der Waals surface area (Å²) in [6, 6.07) is 14.6. The molecule has 2 unspecified atom stereocenters. The Balaban J connectivity index is 1.35. The zero-order valence-electron chi connectivity index (χ0n) is 27.2. The summed E-state index contributed by atoms with van der Waals surface area (Å²) in [4.78, 5) is 18.4. The molecule has 0 amide bonds. The van der Waals surface area contributed by atoms with Crippen molar-refractivity contribution in [1.29, 1.82) is 0 Å². The van der Waals surface area contributed by atoms with Crippen LogP contribution in [0.5, 0.6) is 11.6 Å². The predicted octanol–water partition coefficient (Wildman–Crippen LogP) is 6.80. The molecule has 3 aromatic rings. The fraction of sp³-hybridized carbons (Fsp3) is 0.514. The summed E-state index contributed by atoms with van der Waals surface area (Å²) >= 11 is 0. The second-order valence-electron chi connectivity index (χ2n) is 13.1. The minimum Gasteiger partial charge on any atom is -0.485 e. The number of benzene rings is 2. The smallest absolute Gasteiger partial charge is 0.306 e. The van der Waals surface area contributed by atoms with E-state index in [9.17, 15) is 9.90 Å². The maximum atomic E-state index is 15.3. The minimum atomic E-state index is -0.761. The number of carboxylic acid groups (broad SMARTS) is 1. The zero-order valence-corrected chi connectivity index (χ0v) is 27.2. The molecule has 1 aliphatic carbocycles. The number of hydrogen-bond donors (Lipinski definition) is 1. The van der Waals surface area contributed by atoms with Crippen molar-refractivity contribution in [3.8, 4) is 22.8 Å². The number of hydrogen-bond acceptors (Lipinski definition) is 7. The van der Waals surface area contributed by atoms with Crippen LogP contribution in [0.15, 0.2) is 48.7 Å². The summed E-state index contributed by atoms with van der Waals surface area (Å²) < 4.78 is 38.6. The molecule has 46 heavy (non-hydrogen) atoms. The molecule has 8 nitrogen and oxygen atoms in total. The molecule has 6 rings (SSSR count). The first-order valence-electron chi connectivity index (χ1n) is 16.4. The van der Waals surface area contributed by atoms with Crippen molar-refractivity contribution < 1.29 is 33.2 Å². The van der Waals surface area contributed by atoms with Gasteiger partial charge >= 0.3 is 5.97 Å². The summed E-state index contributed by atoms with van der Waals surface area (Å²) in [6.45, 7) is 3.63. The van der Waals surface area contributed by atoms with E-state index < -0.39 is 17.7 Å². The molecule has 246 valence electrons. The monoisotopic (exact) mass is 632 g/mol. The van der Waals surface area contributed by atoms with Crippen LogP contribution in [0, 0.1) is 17.7 Å². The van der Waals surface area contributed by atoms with Crippen molar-refractivity contribution in [3.63, 3.8) is 0 Å². The van der Waals surface area contributed by atoms with E-state index in [4.69, 9.17) is 18.9 Å². The quantitative estimate of drug-likeness (QED) is 0.220. The van der Waals surface area contributed by atoms with Crippen LogP contribution >= 0.6 is 0 Å². The summed E-state index contributed by atoms with van der Waals surface area (Å²) in [6.07, 6.45) is 6.82. The summed E-state index contributed by atoms with van der Waals surface area (Å²) in [7, 11) is 4.98. The van der Waals surface area contributed by atoms with Gasteiger partial charge in [-0.3, -0.25) is 9.69 Å². The molecule has 1 saturated heterocycles. The van der Waals surface area contributed by atoms with Gasteiger partial charge in [-0.1, -0.05) is 37.3 Å². The Hall–Kier alpha value is -3.53. The maximum Gasteiger partial charge on any atom is 0.306 e. The van der Waals surface area contributed by atoms with Crippen molar-refractivity contribution in [2.75, 3.05) is 34.5 Å². The van der Waals surface area contributed by atoms with Crippen molar-refractivity contribution >= 4 is 5.97 Å². The van der Waals surface area contributed by atoms with Gasteiger partial charge in [0.05, 0.1) is 32.4 Å². The molecule has 1 N–H and O–H groups in total. The lowest BCUT2D eigenvalue weighted by atomic mass is 9.82. The van der Waals surface area contributed by atoms with Gasteiger partial charge in [-0.05, 0) is 84.2 Å². The average Bonchev–Trinajstić information content (AvgIpc) is 3.83. The second kappa shape index (κ2) is 14.1. The number of methoxy groups -OCH3 is 3. The van der Waals surface area contributed by atoms with Gasteiger partial charge in [0.2, 0.25) is 5.88 Å².